The fraction of sp³-hybridized carbons (Fsp3) is 0.333. The third-order valence-corrected chi connectivity index (χ3v) is 3.03. The highest BCUT2D eigenvalue weighted by molar-refractivity contribution is 7.17. The van der Waals surface area contributed by atoms with Gasteiger partial charge in [0, 0.05) is 7.11 Å². The second kappa shape index (κ2) is 5.83. The van der Waals surface area contributed by atoms with Gasteiger partial charge in [0.15, 0.2) is 6.10 Å². The van der Waals surface area contributed by atoms with E-state index in [1.54, 1.807) is 12.1 Å². The number of carbonyl (C=O) groups is 2. The van der Waals surface area contributed by atoms with Crippen LogP contribution in [-0.2, 0) is 9.53 Å². The van der Waals surface area contributed by atoms with E-state index in [9.17, 15) is 9.59 Å². The van der Waals surface area contributed by atoms with Crippen molar-refractivity contribution < 1.29 is 19.4 Å². The normalized spacial score (nSPS) is 12.1. The van der Waals surface area contributed by atoms with Gasteiger partial charge in [0.05, 0.1) is 15.8 Å². The summed E-state index contributed by atoms with van der Waals surface area (Å²) in [6.07, 6.45) is -1.04. The van der Waals surface area contributed by atoms with Gasteiger partial charge in [-0.3, -0.25) is 4.79 Å². The van der Waals surface area contributed by atoms with Crippen molar-refractivity contribution in [3.05, 3.63) is 21.3 Å². The Bertz CT molecular complexity index is 393. The number of nitrogens with one attached hydrogen (secondary N) is 1. The van der Waals surface area contributed by atoms with Gasteiger partial charge in [-0.2, -0.15) is 0 Å². The highest BCUT2D eigenvalue weighted by Crippen LogP contribution is 2.20. The van der Waals surface area contributed by atoms with Crippen molar-refractivity contribution in [1.82, 2.24) is 5.32 Å². The Morgan fingerprint density at radius 1 is 1.62 bits per heavy atom. The first-order valence-corrected chi connectivity index (χ1v) is 5.53. The van der Waals surface area contributed by atoms with Gasteiger partial charge in [-0.15, -0.1) is 11.3 Å². The fourth-order valence-electron chi connectivity index (χ4n) is 0.980. The third kappa shape index (κ3) is 3.48. The van der Waals surface area contributed by atoms with Crippen LogP contribution in [0.4, 0.5) is 0 Å². The molecule has 1 rings (SSSR count). The maximum atomic E-state index is 11.5. The lowest BCUT2D eigenvalue weighted by Crippen LogP contribution is -2.37. The molecule has 0 aliphatic carbocycles. The Hall–Kier alpha value is -1.11. The molecule has 1 unspecified atom stereocenters. The van der Waals surface area contributed by atoms with E-state index < -0.39 is 12.1 Å². The molecule has 0 bridgehead atoms. The highest BCUT2D eigenvalue weighted by Gasteiger charge is 2.18. The molecule has 7 heteroatoms. The summed E-state index contributed by atoms with van der Waals surface area (Å²) < 4.78 is 5.17. The molecule has 0 spiro atoms. The van der Waals surface area contributed by atoms with Crippen LogP contribution in [-0.4, -0.2) is 36.7 Å². The van der Waals surface area contributed by atoms with Crippen molar-refractivity contribution in [2.75, 3.05) is 13.7 Å². The van der Waals surface area contributed by atoms with E-state index in [2.05, 4.69) is 10.1 Å². The summed E-state index contributed by atoms with van der Waals surface area (Å²) in [6.45, 7) is -0.0831. The molecule has 2 N–H and O–H groups in total. The lowest BCUT2D eigenvalue weighted by molar-refractivity contribution is -0.147. The van der Waals surface area contributed by atoms with Gasteiger partial charge >= 0.3 is 5.97 Å². The molecule has 5 nitrogen and oxygen atoms in total. The zero-order valence-corrected chi connectivity index (χ0v) is 9.97. The van der Waals surface area contributed by atoms with Crippen LogP contribution < -0.4 is 5.32 Å². The number of carbonyl (C=O) groups excluding carboxylic acids is 1. The van der Waals surface area contributed by atoms with Gasteiger partial charge in [0.1, 0.15) is 0 Å². The second-order valence-corrected chi connectivity index (χ2v) is 4.59. The van der Waals surface area contributed by atoms with E-state index in [-0.39, 0.29) is 12.5 Å². The summed E-state index contributed by atoms with van der Waals surface area (Å²) in [5.41, 5.74) is 0. The number of carboxylic acid groups (broad SMARTS) is 1. The quantitative estimate of drug-likeness (QED) is 0.838. The van der Waals surface area contributed by atoms with Crippen LogP contribution in [0.15, 0.2) is 12.1 Å². The molecule has 1 aromatic heterocycles. The number of methoxy groups -OCH3 is 1. The monoisotopic (exact) mass is 263 g/mol. The lowest BCUT2D eigenvalue weighted by atomic mass is 10.3. The summed E-state index contributed by atoms with van der Waals surface area (Å²) in [6, 6.07) is 3.18. The van der Waals surface area contributed by atoms with Crippen molar-refractivity contribution in [3.63, 3.8) is 0 Å². The van der Waals surface area contributed by atoms with E-state index in [0.717, 1.165) is 11.3 Å². The van der Waals surface area contributed by atoms with Gasteiger partial charge in [0.25, 0.3) is 5.91 Å². The Morgan fingerprint density at radius 3 is 2.75 bits per heavy atom. The number of carboxylic acids is 1. The van der Waals surface area contributed by atoms with Crippen molar-refractivity contribution in [1.29, 1.82) is 0 Å². The van der Waals surface area contributed by atoms with Gasteiger partial charge in [-0.25, -0.2) is 4.79 Å². The van der Waals surface area contributed by atoms with E-state index in [0.29, 0.717) is 9.21 Å². The highest BCUT2D eigenvalue weighted by atomic mass is 35.5. The van der Waals surface area contributed by atoms with Crippen LogP contribution in [0, 0.1) is 0 Å². The number of thiophene rings is 1. The SMILES string of the molecule is COC(CNC(=O)c1ccc(Cl)s1)C(=O)O. The van der Waals surface area contributed by atoms with Crippen LogP contribution in [0.5, 0.6) is 0 Å². The number of aliphatic carboxylic acids is 1. The van der Waals surface area contributed by atoms with E-state index in [4.69, 9.17) is 16.7 Å². The summed E-state index contributed by atoms with van der Waals surface area (Å²) in [5.74, 6) is -1.48. The van der Waals surface area contributed by atoms with Crippen LogP contribution in [0.1, 0.15) is 9.67 Å². The van der Waals surface area contributed by atoms with Gasteiger partial charge < -0.3 is 15.2 Å². The van der Waals surface area contributed by atoms with Crippen molar-refractivity contribution in [2.45, 2.75) is 6.10 Å². The molecular formula is C9H10ClNO4S. The molecule has 0 radical (unpaired) electrons. The molecule has 1 amide bonds. The van der Waals surface area contributed by atoms with Crippen molar-refractivity contribution >= 4 is 34.8 Å². The molecule has 16 heavy (non-hydrogen) atoms. The smallest absolute Gasteiger partial charge is 0.334 e. The maximum Gasteiger partial charge on any atom is 0.334 e. The summed E-state index contributed by atoms with van der Waals surface area (Å²) in [5, 5.41) is 11.1. The van der Waals surface area contributed by atoms with Gasteiger partial charge in [-0.05, 0) is 12.1 Å². The molecule has 0 aliphatic rings. The first kappa shape index (κ1) is 13.0. The van der Waals surface area contributed by atoms with E-state index in [1.807, 2.05) is 0 Å². The topological polar surface area (TPSA) is 75.6 Å². The van der Waals surface area contributed by atoms with Gasteiger partial charge in [0.2, 0.25) is 0 Å². The largest absolute Gasteiger partial charge is 0.479 e. The second-order valence-electron chi connectivity index (χ2n) is 2.88. The zero-order valence-electron chi connectivity index (χ0n) is 8.40. The van der Waals surface area contributed by atoms with Crippen LogP contribution >= 0.6 is 22.9 Å². The van der Waals surface area contributed by atoms with Crippen LogP contribution in [0.2, 0.25) is 4.34 Å². The molecule has 88 valence electrons. The number of halogens is 1. The summed E-state index contributed by atoms with van der Waals surface area (Å²) in [7, 11) is 1.27. The Kier molecular flexibility index (Phi) is 4.72. The molecule has 0 aliphatic heterocycles. The number of ether oxygens (including phenoxy) is 1. The summed E-state index contributed by atoms with van der Waals surface area (Å²) in [4.78, 5) is 22.5. The first-order valence-electron chi connectivity index (χ1n) is 4.33. The Labute approximate surface area is 101 Å². The van der Waals surface area contributed by atoms with E-state index in [1.165, 1.54) is 7.11 Å². The maximum absolute atomic E-state index is 11.5. The molecule has 0 aromatic carbocycles. The lowest BCUT2D eigenvalue weighted by Gasteiger charge is -2.10. The number of hydrogen-bond donors (Lipinski definition) is 2. The third-order valence-electron chi connectivity index (χ3n) is 1.80. The minimum Gasteiger partial charge on any atom is -0.479 e. The predicted octanol–water partition coefficient (Wildman–Crippen LogP) is 1.23. The molecule has 0 saturated heterocycles. The average Bonchev–Trinajstić information content (AvgIpc) is 2.65. The fourth-order valence-corrected chi connectivity index (χ4v) is 1.94. The van der Waals surface area contributed by atoms with Crippen LogP contribution in [0.25, 0.3) is 0 Å². The van der Waals surface area contributed by atoms with Crippen LogP contribution in [0.3, 0.4) is 0 Å². The molecule has 1 aromatic rings. The van der Waals surface area contributed by atoms with Crippen molar-refractivity contribution in [2.24, 2.45) is 0 Å². The molecule has 0 saturated carbocycles. The predicted molar refractivity (Wildman–Crippen MR) is 60.1 cm³/mol. The molecule has 0 fully saturated rings. The summed E-state index contributed by atoms with van der Waals surface area (Å²) >= 11 is 6.79. The zero-order chi connectivity index (χ0) is 12.1. The number of amides is 1. The first-order chi connectivity index (χ1) is 7.54. The average molecular weight is 264 g/mol. The van der Waals surface area contributed by atoms with Gasteiger partial charge in [-0.1, -0.05) is 11.6 Å². The number of hydrogen-bond acceptors (Lipinski definition) is 4. The molecule has 1 heterocycles. The number of rotatable bonds is 5. The Balaban J connectivity index is 2.49. The molecular weight excluding hydrogens is 254 g/mol. The van der Waals surface area contributed by atoms with Crippen molar-refractivity contribution in [3.8, 4) is 0 Å². The standard InChI is InChI=1S/C9H10ClNO4S/c1-15-5(9(13)14)4-11-8(12)6-2-3-7(10)16-6/h2-3,5H,4H2,1H3,(H,11,12)(H,13,14). The Morgan fingerprint density at radius 2 is 2.31 bits per heavy atom. The minimum absolute atomic E-state index is 0.0831. The molecule has 1 atom stereocenters. The van der Waals surface area contributed by atoms with E-state index >= 15 is 0 Å². The minimum atomic E-state index is -1.12.